The average molecular weight is 201 g/mol. The van der Waals surface area contributed by atoms with Gasteiger partial charge in [0.1, 0.15) is 0 Å². The van der Waals surface area contributed by atoms with Crippen LogP contribution in [0.4, 0.5) is 0 Å². The highest BCUT2D eigenvalue weighted by molar-refractivity contribution is 7.99. The van der Waals surface area contributed by atoms with E-state index in [0.29, 0.717) is 0 Å². The number of rotatable bonds is 7. The van der Waals surface area contributed by atoms with Crippen LogP contribution in [-0.2, 0) is 0 Å². The largest absolute Gasteiger partial charge is 0.314 e. The zero-order valence-electron chi connectivity index (χ0n) is 9.18. The third-order valence-electron chi connectivity index (χ3n) is 2.19. The molecule has 2 heteroatoms. The molecule has 1 atom stereocenters. The van der Waals surface area contributed by atoms with Gasteiger partial charge in [0.05, 0.1) is 0 Å². The van der Waals surface area contributed by atoms with E-state index in [4.69, 9.17) is 0 Å². The van der Waals surface area contributed by atoms with Crippen LogP contribution in [0.5, 0.6) is 0 Å². The lowest BCUT2D eigenvalue weighted by Gasteiger charge is -2.12. The second kappa shape index (κ2) is 5.92. The number of hydrogen-bond acceptors (Lipinski definition) is 2. The van der Waals surface area contributed by atoms with Crippen LogP contribution in [0.1, 0.15) is 33.6 Å². The zero-order chi connectivity index (χ0) is 9.68. The van der Waals surface area contributed by atoms with E-state index < -0.39 is 0 Å². The first kappa shape index (κ1) is 11.4. The van der Waals surface area contributed by atoms with Gasteiger partial charge in [-0.05, 0) is 42.7 Å². The predicted octanol–water partition coefficient (Wildman–Crippen LogP) is 2.76. The highest BCUT2D eigenvalue weighted by Gasteiger charge is 2.20. The van der Waals surface area contributed by atoms with Gasteiger partial charge in [0.2, 0.25) is 0 Å². The fraction of sp³-hybridized carbons (Fsp3) is 1.00. The molecule has 0 bridgehead atoms. The molecule has 0 aromatic heterocycles. The molecule has 0 aromatic carbocycles. The Bertz CT molecular complexity index is 132. The van der Waals surface area contributed by atoms with Crippen LogP contribution in [0, 0.1) is 11.8 Å². The summed E-state index contributed by atoms with van der Waals surface area (Å²) in [6, 6.07) is 0.873. The van der Waals surface area contributed by atoms with Gasteiger partial charge >= 0.3 is 0 Å². The van der Waals surface area contributed by atoms with E-state index >= 15 is 0 Å². The number of hydrogen-bond donors (Lipinski definition) is 1. The Balaban J connectivity index is 1.87. The molecule has 1 nitrogen and oxygen atoms in total. The molecule has 0 radical (unpaired) electrons. The van der Waals surface area contributed by atoms with Crippen LogP contribution >= 0.6 is 11.8 Å². The van der Waals surface area contributed by atoms with Crippen molar-refractivity contribution in [3.05, 3.63) is 0 Å². The number of nitrogens with one attached hydrogen (secondary N) is 1. The van der Waals surface area contributed by atoms with Crippen molar-refractivity contribution in [2.24, 2.45) is 11.8 Å². The molecule has 0 amide bonds. The van der Waals surface area contributed by atoms with Gasteiger partial charge in [0, 0.05) is 6.04 Å². The summed E-state index contributed by atoms with van der Waals surface area (Å²) < 4.78 is 0. The highest BCUT2D eigenvalue weighted by Crippen LogP contribution is 2.19. The van der Waals surface area contributed by atoms with Crippen LogP contribution in [0.3, 0.4) is 0 Å². The molecule has 1 aliphatic rings. The minimum Gasteiger partial charge on any atom is -0.314 e. The first-order valence-corrected chi connectivity index (χ1v) is 6.65. The van der Waals surface area contributed by atoms with E-state index in [1.165, 1.54) is 30.9 Å². The Morgan fingerprint density at radius 3 is 2.46 bits per heavy atom. The zero-order valence-corrected chi connectivity index (χ0v) is 9.99. The van der Waals surface area contributed by atoms with E-state index in [0.717, 1.165) is 17.9 Å². The van der Waals surface area contributed by atoms with E-state index in [1.54, 1.807) is 0 Å². The molecule has 1 N–H and O–H groups in total. The fourth-order valence-corrected chi connectivity index (χ4v) is 2.35. The smallest absolute Gasteiger partial charge is 0.00683 e. The van der Waals surface area contributed by atoms with Gasteiger partial charge in [-0.1, -0.05) is 20.8 Å². The van der Waals surface area contributed by atoms with Crippen molar-refractivity contribution in [3.8, 4) is 0 Å². The minimum atomic E-state index is 0.837. The molecule has 0 aromatic rings. The van der Waals surface area contributed by atoms with Crippen LogP contribution in [0.25, 0.3) is 0 Å². The van der Waals surface area contributed by atoms with Crippen LogP contribution in [0.2, 0.25) is 0 Å². The standard InChI is InChI=1S/C11H23NS/c1-9(2)7-13-8-10(3)6-12-11-4-5-11/h9-12H,4-8H2,1-3H3. The molecular weight excluding hydrogens is 178 g/mol. The second-order valence-electron chi connectivity index (χ2n) is 4.72. The summed E-state index contributed by atoms with van der Waals surface area (Å²) in [5, 5.41) is 3.58. The molecule has 1 fully saturated rings. The van der Waals surface area contributed by atoms with Crippen LogP contribution < -0.4 is 5.32 Å². The van der Waals surface area contributed by atoms with Crippen molar-refractivity contribution in [1.82, 2.24) is 5.32 Å². The summed E-state index contributed by atoms with van der Waals surface area (Å²) in [5.74, 6) is 4.31. The molecule has 1 unspecified atom stereocenters. The Morgan fingerprint density at radius 2 is 1.92 bits per heavy atom. The molecule has 13 heavy (non-hydrogen) atoms. The average Bonchev–Trinajstić information content (AvgIpc) is 2.83. The van der Waals surface area contributed by atoms with Crippen molar-refractivity contribution in [3.63, 3.8) is 0 Å². The Labute approximate surface area is 87.1 Å². The quantitative estimate of drug-likeness (QED) is 0.680. The lowest BCUT2D eigenvalue weighted by atomic mass is 10.2. The van der Waals surface area contributed by atoms with E-state index in [9.17, 15) is 0 Å². The molecule has 1 rings (SSSR count). The molecule has 0 aliphatic heterocycles. The summed E-state index contributed by atoms with van der Waals surface area (Å²) >= 11 is 2.10. The van der Waals surface area contributed by atoms with Crippen molar-refractivity contribution < 1.29 is 0 Å². The lowest BCUT2D eigenvalue weighted by molar-refractivity contribution is 0.556. The maximum atomic E-state index is 3.58. The summed E-state index contributed by atoms with van der Waals surface area (Å²) in [6.45, 7) is 8.15. The minimum absolute atomic E-state index is 0.837. The van der Waals surface area contributed by atoms with Gasteiger partial charge in [-0.25, -0.2) is 0 Å². The molecule has 1 aliphatic carbocycles. The van der Waals surface area contributed by atoms with Gasteiger partial charge in [-0.2, -0.15) is 11.8 Å². The van der Waals surface area contributed by atoms with Crippen molar-refractivity contribution >= 4 is 11.8 Å². The normalized spacial score (nSPS) is 19.4. The lowest BCUT2D eigenvalue weighted by Crippen LogP contribution is -2.24. The fourth-order valence-electron chi connectivity index (χ4n) is 1.22. The van der Waals surface area contributed by atoms with E-state index in [2.05, 4.69) is 37.8 Å². The number of thioether (sulfide) groups is 1. The molecular formula is C11H23NS. The van der Waals surface area contributed by atoms with Gasteiger partial charge in [0.15, 0.2) is 0 Å². The van der Waals surface area contributed by atoms with Gasteiger partial charge in [-0.15, -0.1) is 0 Å². The van der Waals surface area contributed by atoms with Crippen molar-refractivity contribution in [2.75, 3.05) is 18.1 Å². The summed E-state index contributed by atoms with van der Waals surface area (Å²) in [6.07, 6.45) is 2.82. The Morgan fingerprint density at radius 1 is 1.23 bits per heavy atom. The SMILES string of the molecule is CC(C)CSCC(C)CNC1CC1. The van der Waals surface area contributed by atoms with Gasteiger partial charge in [0.25, 0.3) is 0 Å². The van der Waals surface area contributed by atoms with Crippen molar-refractivity contribution in [1.29, 1.82) is 0 Å². The molecule has 1 saturated carbocycles. The Kier molecular flexibility index (Phi) is 5.18. The highest BCUT2D eigenvalue weighted by atomic mass is 32.2. The van der Waals surface area contributed by atoms with E-state index in [-0.39, 0.29) is 0 Å². The maximum absolute atomic E-state index is 3.58. The monoisotopic (exact) mass is 201 g/mol. The van der Waals surface area contributed by atoms with E-state index in [1.807, 2.05) is 0 Å². The third-order valence-corrected chi connectivity index (χ3v) is 3.89. The van der Waals surface area contributed by atoms with Crippen LogP contribution in [-0.4, -0.2) is 24.1 Å². The Hall–Kier alpha value is 0.310. The topological polar surface area (TPSA) is 12.0 Å². The van der Waals surface area contributed by atoms with Gasteiger partial charge in [-0.3, -0.25) is 0 Å². The maximum Gasteiger partial charge on any atom is 0.00683 e. The molecule has 0 spiro atoms. The summed E-state index contributed by atoms with van der Waals surface area (Å²) in [5.41, 5.74) is 0. The van der Waals surface area contributed by atoms with Gasteiger partial charge < -0.3 is 5.32 Å². The first-order valence-electron chi connectivity index (χ1n) is 5.49. The first-order chi connectivity index (χ1) is 6.18. The predicted molar refractivity (Wildman–Crippen MR) is 62.4 cm³/mol. The second-order valence-corrected chi connectivity index (χ2v) is 5.79. The van der Waals surface area contributed by atoms with Crippen molar-refractivity contribution in [2.45, 2.75) is 39.7 Å². The molecule has 78 valence electrons. The molecule has 0 heterocycles. The van der Waals surface area contributed by atoms with Crippen LogP contribution in [0.15, 0.2) is 0 Å². The third kappa shape index (κ3) is 6.39. The summed E-state index contributed by atoms with van der Waals surface area (Å²) in [4.78, 5) is 0. The molecule has 0 saturated heterocycles. The summed E-state index contributed by atoms with van der Waals surface area (Å²) in [7, 11) is 0.